The molecule has 0 bridgehead atoms. The van der Waals surface area contributed by atoms with Crippen molar-refractivity contribution < 1.29 is 9.90 Å². The zero-order chi connectivity index (χ0) is 22.0. The Bertz CT molecular complexity index is 1150. The summed E-state index contributed by atoms with van der Waals surface area (Å²) in [5.74, 6) is -0.833. The van der Waals surface area contributed by atoms with Crippen LogP contribution >= 0.6 is 23.2 Å². The van der Waals surface area contributed by atoms with Crippen LogP contribution < -0.4 is 5.43 Å². The molecule has 0 aliphatic heterocycles. The van der Waals surface area contributed by atoms with E-state index in [4.69, 9.17) is 23.2 Å². The fourth-order valence-electron chi connectivity index (χ4n) is 3.58. The average molecular weight is 444 g/mol. The Morgan fingerprint density at radius 1 is 1.03 bits per heavy atom. The van der Waals surface area contributed by atoms with Gasteiger partial charge >= 0.3 is 5.97 Å². The zero-order valence-corrected chi connectivity index (χ0v) is 18.6. The first-order valence-electron chi connectivity index (χ1n) is 9.77. The summed E-state index contributed by atoms with van der Waals surface area (Å²) in [5, 5.41) is 10.4. The molecule has 0 aliphatic rings. The van der Waals surface area contributed by atoms with E-state index in [0.29, 0.717) is 40.2 Å². The number of pyridine rings is 1. The molecule has 0 amide bonds. The molecule has 0 fully saturated rings. The lowest BCUT2D eigenvalue weighted by Gasteiger charge is -2.20. The van der Waals surface area contributed by atoms with Crippen molar-refractivity contribution in [3.05, 3.63) is 91.2 Å². The zero-order valence-electron chi connectivity index (χ0n) is 17.1. The van der Waals surface area contributed by atoms with Gasteiger partial charge in [0.25, 0.3) is 0 Å². The minimum absolute atomic E-state index is 0.269. The van der Waals surface area contributed by atoms with Crippen LogP contribution in [0.5, 0.6) is 0 Å². The topological polar surface area (TPSA) is 59.3 Å². The molecular formula is C24H23Cl2NO3. The van der Waals surface area contributed by atoms with Gasteiger partial charge in [-0.2, -0.15) is 0 Å². The molecule has 0 atom stereocenters. The van der Waals surface area contributed by atoms with Crippen molar-refractivity contribution in [1.29, 1.82) is 0 Å². The molecule has 30 heavy (non-hydrogen) atoms. The summed E-state index contributed by atoms with van der Waals surface area (Å²) in [6.45, 7) is 6.69. The highest BCUT2D eigenvalue weighted by Gasteiger charge is 2.22. The average Bonchev–Trinajstić information content (AvgIpc) is 2.69. The summed E-state index contributed by atoms with van der Waals surface area (Å²) in [6.07, 6.45) is 0.510. The number of aromatic nitrogens is 1. The van der Waals surface area contributed by atoms with Gasteiger partial charge in [-0.25, -0.2) is 4.79 Å². The molecule has 0 aliphatic carbocycles. The molecule has 0 unspecified atom stereocenters. The van der Waals surface area contributed by atoms with E-state index in [9.17, 15) is 14.7 Å². The maximum atomic E-state index is 12.8. The Kier molecular flexibility index (Phi) is 6.69. The number of halogens is 2. The number of carboxylic acids is 1. The van der Waals surface area contributed by atoms with Crippen LogP contribution in [0.1, 0.15) is 53.9 Å². The van der Waals surface area contributed by atoms with Crippen molar-refractivity contribution in [1.82, 2.24) is 4.57 Å². The molecule has 3 aromatic rings. The third-order valence-electron chi connectivity index (χ3n) is 5.15. The van der Waals surface area contributed by atoms with Crippen LogP contribution in [0.3, 0.4) is 0 Å². The summed E-state index contributed by atoms with van der Waals surface area (Å²) in [6, 6.07) is 14.6. The van der Waals surface area contributed by atoms with Crippen LogP contribution in [0, 0.1) is 0 Å². The van der Waals surface area contributed by atoms with Gasteiger partial charge in [-0.15, -0.1) is 0 Å². The van der Waals surface area contributed by atoms with E-state index < -0.39 is 11.4 Å². The molecule has 2 aromatic carbocycles. The Balaban J connectivity index is 2.19. The van der Waals surface area contributed by atoms with E-state index in [1.807, 2.05) is 23.6 Å². The number of aromatic carboxylic acids is 1. The van der Waals surface area contributed by atoms with Crippen molar-refractivity contribution in [3.8, 4) is 11.3 Å². The van der Waals surface area contributed by atoms with E-state index in [1.54, 1.807) is 18.2 Å². The molecule has 1 N–H and O–H groups in total. The fraction of sp³-hybridized carbons (Fsp3) is 0.250. The summed E-state index contributed by atoms with van der Waals surface area (Å²) < 4.78 is 1.86. The predicted molar refractivity (Wildman–Crippen MR) is 122 cm³/mol. The molecule has 1 heterocycles. The first kappa shape index (κ1) is 22.1. The lowest BCUT2D eigenvalue weighted by atomic mass is 9.98. The van der Waals surface area contributed by atoms with Gasteiger partial charge in [0.05, 0.1) is 15.7 Å². The van der Waals surface area contributed by atoms with Crippen LogP contribution in [0.4, 0.5) is 0 Å². The summed E-state index contributed by atoms with van der Waals surface area (Å²) in [5.41, 5.74) is 3.11. The van der Waals surface area contributed by atoms with Crippen molar-refractivity contribution in [2.45, 2.75) is 39.7 Å². The van der Waals surface area contributed by atoms with E-state index in [-0.39, 0.29) is 5.56 Å². The molecule has 4 nitrogen and oxygen atoms in total. The monoisotopic (exact) mass is 443 g/mol. The van der Waals surface area contributed by atoms with Gasteiger partial charge in [-0.3, -0.25) is 4.79 Å². The second kappa shape index (κ2) is 9.07. The van der Waals surface area contributed by atoms with Crippen LogP contribution in [-0.4, -0.2) is 15.6 Å². The quantitative estimate of drug-likeness (QED) is 0.489. The van der Waals surface area contributed by atoms with E-state index in [1.165, 1.54) is 11.6 Å². The van der Waals surface area contributed by atoms with Crippen LogP contribution in [-0.2, 0) is 13.0 Å². The number of rotatable bonds is 6. The molecule has 1 aromatic heterocycles. The molecule has 0 radical (unpaired) electrons. The molecule has 0 saturated carbocycles. The van der Waals surface area contributed by atoms with Crippen LogP contribution in [0.2, 0.25) is 10.0 Å². The second-order valence-electron chi connectivity index (χ2n) is 7.47. The molecular weight excluding hydrogens is 421 g/mol. The molecule has 6 heteroatoms. The van der Waals surface area contributed by atoms with Crippen LogP contribution in [0.25, 0.3) is 11.3 Å². The van der Waals surface area contributed by atoms with Gasteiger partial charge < -0.3 is 9.67 Å². The highest BCUT2D eigenvalue weighted by atomic mass is 35.5. The third kappa shape index (κ3) is 4.45. The Hall–Kier alpha value is -2.56. The molecule has 0 spiro atoms. The van der Waals surface area contributed by atoms with Gasteiger partial charge in [-0.05, 0) is 36.1 Å². The minimum Gasteiger partial charge on any atom is -0.477 e. The van der Waals surface area contributed by atoms with Gasteiger partial charge in [0.15, 0.2) is 5.43 Å². The second-order valence-corrected chi connectivity index (χ2v) is 8.29. The predicted octanol–water partition coefficient (Wildman–Crippen LogP) is 6.25. The molecule has 0 saturated heterocycles. The van der Waals surface area contributed by atoms with Gasteiger partial charge in [0.1, 0.15) is 5.56 Å². The first-order chi connectivity index (χ1) is 14.2. The third-order valence-corrected chi connectivity index (χ3v) is 5.89. The maximum absolute atomic E-state index is 12.8. The number of hydrogen-bond acceptors (Lipinski definition) is 2. The number of carboxylic acid groups (broad SMARTS) is 1. The number of nitrogens with zero attached hydrogens (tertiary/aromatic N) is 1. The largest absolute Gasteiger partial charge is 0.477 e. The summed E-state index contributed by atoms with van der Waals surface area (Å²) in [7, 11) is 0. The first-order valence-corrected chi connectivity index (χ1v) is 10.5. The molecule has 156 valence electrons. The minimum atomic E-state index is -1.27. The fourth-order valence-corrected chi connectivity index (χ4v) is 3.88. The van der Waals surface area contributed by atoms with Crippen molar-refractivity contribution in [2.75, 3.05) is 0 Å². The standard InChI is InChI=1S/C24H23Cl2NO3/c1-4-27-18(11-15-5-7-16(8-6-15)14(2)3)13-21(28)22(24(29)30)23(27)17-9-10-19(25)20(26)12-17/h5-10,12-14H,4,11H2,1-3H3,(H,29,30). The Morgan fingerprint density at radius 2 is 1.70 bits per heavy atom. The SMILES string of the molecule is CCn1c(Cc2ccc(C(C)C)cc2)cc(=O)c(C(=O)O)c1-c1ccc(Cl)c(Cl)c1. The van der Waals surface area contributed by atoms with E-state index >= 15 is 0 Å². The number of benzene rings is 2. The summed E-state index contributed by atoms with van der Waals surface area (Å²) in [4.78, 5) is 24.7. The van der Waals surface area contributed by atoms with E-state index in [0.717, 1.165) is 11.3 Å². The Labute approximate surface area is 185 Å². The van der Waals surface area contributed by atoms with Gasteiger partial charge in [-0.1, -0.05) is 67.4 Å². The normalized spacial score (nSPS) is 11.1. The Morgan fingerprint density at radius 3 is 2.23 bits per heavy atom. The van der Waals surface area contributed by atoms with Crippen molar-refractivity contribution >= 4 is 29.2 Å². The lowest BCUT2D eigenvalue weighted by molar-refractivity contribution is 0.0695. The number of hydrogen-bond donors (Lipinski definition) is 1. The van der Waals surface area contributed by atoms with Crippen molar-refractivity contribution in [2.24, 2.45) is 0 Å². The highest BCUT2D eigenvalue weighted by molar-refractivity contribution is 6.42. The number of carbonyl (C=O) groups is 1. The molecule has 3 rings (SSSR count). The van der Waals surface area contributed by atoms with Crippen molar-refractivity contribution in [3.63, 3.8) is 0 Å². The van der Waals surface area contributed by atoms with Gasteiger partial charge in [0, 0.05) is 30.3 Å². The maximum Gasteiger partial charge on any atom is 0.341 e. The lowest BCUT2D eigenvalue weighted by Crippen LogP contribution is -2.23. The van der Waals surface area contributed by atoms with E-state index in [2.05, 4.69) is 26.0 Å². The summed E-state index contributed by atoms with van der Waals surface area (Å²) >= 11 is 12.2. The van der Waals surface area contributed by atoms with Crippen LogP contribution in [0.15, 0.2) is 53.3 Å². The highest BCUT2D eigenvalue weighted by Crippen LogP contribution is 2.31. The smallest absolute Gasteiger partial charge is 0.341 e. The van der Waals surface area contributed by atoms with Gasteiger partial charge in [0.2, 0.25) is 0 Å².